The molecule has 0 atom stereocenters. The van der Waals surface area contributed by atoms with Crippen molar-refractivity contribution in [3.63, 3.8) is 0 Å². The van der Waals surface area contributed by atoms with Crippen LogP contribution < -0.4 is 5.43 Å². The van der Waals surface area contributed by atoms with E-state index in [0.717, 1.165) is 11.3 Å². The van der Waals surface area contributed by atoms with E-state index in [9.17, 15) is 9.90 Å². The molecule has 5 heteroatoms. The van der Waals surface area contributed by atoms with E-state index in [-0.39, 0.29) is 11.7 Å². The van der Waals surface area contributed by atoms with Crippen LogP contribution in [0.15, 0.2) is 53.6 Å². The molecule has 108 valence electrons. The van der Waals surface area contributed by atoms with Crippen LogP contribution in [0.2, 0.25) is 5.02 Å². The molecule has 2 rings (SSSR count). The third-order valence-electron chi connectivity index (χ3n) is 2.91. The highest BCUT2D eigenvalue weighted by Crippen LogP contribution is 2.12. The summed E-state index contributed by atoms with van der Waals surface area (Å²) in [6.07, 6.45) is 0.669. The summed E-state index contributed by atoms with van der Waals surface area (Å²) in [6.45, 7) is 1.95. The van der Waals surface area contributed by atoms with Crippen molar-refractivity contribution in [2.45, 2.75) is 13.3 Å². The molecule has 0 aliphatic heterocycles. The highest BCUT2D eigenvalue weighted by atomic mass is 35.5. The number of nitrogens with zero attached hydrogens (tertiary/aromatic N) is 1. The van der Waals surface area contributed by atoms with Crippen molar-refractivity contribution in [1.82, 2.24) is 5.43 Å². The van der Waals surface area contributed by atoms with Gasteiger partial charge in [-0.15, -0.1) is 0 Å². The Morgan fingerprint density at radius 1 is 1.19 bits per heavy atom. The molecule has 0 saturated carbocycles. The Morgan fingerprint density at radius 2 is 1.90 bits per heavy atom. The van der Waals surface area contributed by atoms with Gasteiger partial charge in [0.15, 0.2) is 0 Å². The third-order valence-corrected chi connectivity index (χ3v) is 3.17. The molecule has 0 bridgehead atoms. The van der Waals surface area contributed by atoms with E-state index in [1.807, 2.05) is 19.1 Å². The van der Waals surface area contributed by atoms with Crippen LogP contribution in [0, 0.1) is 0 Å². The first-order valence-electron chi connectivity index (χ1n) is 6.52. The van der Waals surface area contributed by atoms with Crippen molar-refractivity contribution in [2.24, 2.45) is 5.10 Å². The van der Waals surface area contributed by atoms with Gasteiger partial charge in [-0.25, -0.2) is 5.43 Å². The second kappa shape index (κ2) is 6.90. The number of carbonyl (C=O) groups excluding carboxylic acids is 1. The Bertz CT molecular complexity index is 666. The van der Waals surface area contributed by atoms with Crippen LogP contribution in [0.4, 0.5) is 0 Å². The van der Waals surface area contributed by atoms with E-state index < -0.39 is 0 Å². The number of benzene rings is 2. The van der Waals surface area contributed by atoms with Gasteiger partial charge in [-0.3, -0.25) is 4.79 Å². The van der Waals surface area contributed by atoms with Crippen LogP contribution in [0.1, 0.15) is 29.3 Å². The lowest BCUT2D eigenvalue weighted by molar-refractivity contribution is 0.0954. The average Bonchev–Trinajstić information content (AvgIpc) is 2.49. The zero-order valence-electron chi connectivity index (χ0n) is 11.5. The Balaban J connectivity index is 2.14. The molecule has 0 unspecified atom stereocenters. The molecule has 0 aliphatic carbocycles. The topological polar surface area (TPSA) is 61.7 Å². The molecule has 2 aromatic rings. The van der Waals surface area contributed by atoms with Crippen LogP contribution in [0.3, 0.4) is 0 Å². The van der Waals surface area contributed by atoms with Crippen molar-refractivity contribution in [3.05, 3.63) is 64.7 Å². The SMILES string of the molecule is CC/C(=N/NC(=O)c1cccc(O)c1)c1ccc(Cl)cc1. The minimum Gasteiger partial charge on any atom is -0.508 e. The van der Waals surface area contributed by atoms with Crippen LogP contribution >= 0.6 is 11.6 Å². The highest BCUT2D eigenvalue weighted by Gasteiger charge is 2.06. The maximum atomic E-state index is 12.0. The summed E-state index contributed by atoms with van der Waals surface area (Å²) < 4.78 is 0. The van der Waals surface area contributed by atoms with Crippen LogP contribution in [0.5, 0.6) is 5.75 Å². The molecular weight excluding hydrogens is 288 g/mol. The van der Waals surface area contributed by atoms with Gasteiger partial charge >= 0.3 is 0 Å². The van der Waals surface area contributed by atoms with Crippen molar-refractivity contribution >= 4 is 23.2 Å². The molecule has 21 heavy (non-hydrogen) atoms. The van der Waals surface area contributed by atoms with E-state index in [1.165, 1.54) is 12.1 Å². The first-order chi connectivity index (χ1) is 10.1. The van der Waals surface area contributed by atoms with Gasteiger partial charge in [-0.1, -0.05) is 36.7 Å². The number of phenols is 1. The predicted molar refractivity (Wildman–Crippen MR) is 83.9 cm³/mol. The molecule has 0 saturated heterocycles. The lowest BCUT2D eigenvalue weighted by atomic mass is 10.1. The summed E-state index contributed by atoms with van der Waals surface area (Å²) in [5.74, 6) is -0.328. The third kappa shape index (κ3) is 4.07. The van der Waals surface area contributed by atoms with Gasteiger partial charge < -0.3 is 5.11 Å². The maximum absolute atomic E-state index is 12.0. The summed E-state index contributed by atoms with van der Waals surface area (Å²) in [5, 5.41) is 14.2. The van der Waals surface area contributed by atoms with Crippen LogP contribution in [-0.4, -0.2) is 16.7 Å². The minimum atomic E-state index is -0.370. The average molecular weight is 303 g/mol. The molecule has 2 N–H and O–H groups in total. The normalized spacial score (nSPS) is 11.2. The number of nitrogens with one attached hydrogen (secondary N) is 1. The lowest BCUT2D eigenvalue weighted by Gasteiger charge is -2.06. The molecule has 0 aromatic heterocycles. The zero-order chi connectivity index (χ0) is 15.2. The molecule has 0 radical (unpaired) electrons. The van der Waals surface area contributed by atoms with E-state index in [1.54, 1.807) is 24.3 Å². The fourth-order valence-electron chi connectivity index (χ4n) is 1.82. The minimum absolute atomic E-state index is 0.0417. The fraction of sp³-hybridized carbons (Fsp3) is 0.125. The quantitative estimate of drug-likeness (QED) is 0.669. The van der Waals surface area contributed by atoms with Gasteiger partial charge in [0, 0.05) is 10.6 Å². The second-order valence-corrected chi connectivity index (χ2v) is 4.85. The van der Waals surface area contributed by atoms with Crippen LogP contribution in [0.25, 0.3) is 0 Å². The smallest absolute Gasteiger partial charge is 0.271 e. The van der Waals surface area contributed by atoms with Gasteiger partial charge in [0.25, 0.3) is 5.91 Å². The number of hydrogen-bond donors (Lipinski definition) is 2. The number of rotatable bonds is 4. The Labute approximate surface area is 128 Å². The van der Waals surface area contributed by atoms with E-state index in [4.69, 9.17) is 11.6 Å². The van der Waals surface area contributed by atoms with E-state index in [2.05, 4.69) is 10.5 Å². The second-order valence-electron chi connectivity index (χ2n) is 4.41. The van der Waals surface area contributed by atoms with Gasteiger partial charge in [0.1, 0.15) is 5.75 Å². The summed E-state index contributed by atoms with van der Waals surface area (Å²) in [7, 11) is 0. The fourth-order valence-corrected chi connectivity index (χ4v) is 1.95. The monoisotopic (exact) mass is 302 g/mol. The molecule has 0 fully saturated rings. The van der Waals surface area contributed by atoms with Crippen molar-refractivity contribution in [1.29, 1.82) is 0 Å². The number of hydrogen-bond acceptors (Lipinski definition) is 3. The van der Waals surface area contributed by atoms with Gasteiger partial charge in [-0.2, -0.15) is 5.10 Å². The number of aromatic hydroxyl groups is 1. The Kier molecular flexibility index (Phi) is 4.95. The van der Waals surface area contributed by atoms with E-state index in [0.29, 0.717) is 17.0 Å². The predicted octanol–water partition coefficient (Wildman–Crippen LogP) is 3.59. The summed E-state index contributed by atoms with van der Waals surface area (Å²) in [6, 6.07) is 13.4. The van der Waals surface area contributed by atoms with E-state index >= 15 is 0 Å². The summed E-state index contributed by atoms with van der Waals surface area (Å²) in [4.78, 5) is 12.0. The van der Waals surface area contributed by atoms with Crippen LogP contribution in [-0.2, 0) is 0 Å². The number of phenolic OH excluding ortho intramolecular Hbond substituents is 1. The van der Waals surface area contributed by atoms with Gasteiger partial charge in [0.2, 0.25) is 0 Å². The number of hydrazone groups is 1. The number of halogens is 1. The maximum Gasteiger partial charge on any atom is 0.271 e. The first-order valence-corrected chi connectivity index (χ1v) is 6.90. The standard InChI is InChI=1S/C16H15ClN2O2/c1-2-15(11-6-8-13(17)9-7-11)18-19-16(21)12-4-3-5-14(20)10-12/h3-10,20H,2H2,1H3,(H,19,21)/b18-15-. The van der Waals surface area contributed by atoms with Gasteiger partial charge in [-0.05, 0) is 42.3 Å². The molecular formula is C16H15ClN2O2. The summed E-state index contributed by atoms with van der Waals surface area (Å²) in [5.41, 5.74) is 4.50. The largest absolute Gasteiger partial charge is 0.508 e. The van der Waals surface area contributed by atoms with Crippen molar-refractivity contribution < 1.29 is 9.90 Å². The molecule has 1 amide bonds. The first kappa shape index (κ1) is 15.1. The molecule has 4 nitrogen and oxygen atoms in total. The highest BCUT2D eigenvalue weighted by molar-refractivity contribution is 6.30. The van der Waals surface area contributed by atoms with Crippen molar-refractivity contribution in [3.8, 4) is 5.75 Å². The molecule has 0 aliphatic rings. The number of amides is 1. The zero-order valence-corrected chi connectivity index (χ0v) is 12.3. The molecule has 2 aromatic carbocycles. The van der Waals surface area contributed by atoms with Gasteiger partial charge in [0.05, 0.1) is 5.71 Å². The summed E-state index contributed by atoms with van der Waals surface area (Å²) >= 11 is 5.85. The lowest BCUT2D eigenvalue weighted by Crippen LogP contribution is -2.19. The molecule has 0 heterocycles. The molecule has 0 spiro atoms. The Hall–Kier alpha value is -2.33. The number of carbonyl (C=O) groups is 1. The Morgan fingerprint density at radius 3 is 2.52 bits per heavy atom. The van der Waals surface area contributed by atoms with Crippen molar-refractivity contribution in [2.75, 3.05) is 0 Å².